The Kier molecular flexibility index (Phi) is 6.54. The maximum absolute atomic E-state index is 13.2. The summed E-state index contributed by atoms with van der Waals surface area (Å²) in [4.78, 5) is 17.7. The number of aryl methyl sites for hydroxylation is 1. The normalized spacial score (nSPS) is 26.5. The number of hydrogen-bond donors (Lipinski definition) is 1. The van der Waals surface area contributed by atoms with Crippen LogP contribution in [0.1, 0.15) is 75.2 Å². The molecule has 1 aliphatic carbocycles. The van der Waals surface area contributed by atoms with Crippen molar-refractivity contribution in [1.29, 1.82) is 0 Å². The van der Waals surface area contributed by atoms with Gasteiger partial charge in [-0.3, -0.25) is 14.4 Å². The third-order valence-corrected chi connectivity index (χ3v) is 7.66. The second-order valence-electron chi connectivity index (χ2n) is 10.4. The molecule has 30 heavy (non-hydrogen) atoms. The van der Waals surface area contributed by atoms with Gasteiger partial charge in [0.05, 0.1) is 11.1 Å². The van der Waals surface area contributed by atoms with Gasteiger partial charge in [0.15, 0.2) is 0 Å². The van der Waals surface area contributed by atoms with E-state index in [-0.39, 0.29) is 5.41 Å². The van der Waals surface area contributed by atoms with Gasteiger partial charge in [-0.1, -0.05) is 13.8 Å². The highest BCUT2D eigenvalue weighted by molar-refractivity contribution is 5.85. The van der Waals surface area contributed by atoms with Gasteiger partial charge < -0.3 is 10.2 Å². The van der Waals surface area contributed by atoms with E-state index in [9.17, 15) is 4.79 Å². The predicted octanol–water partition coefficient (Wildman–Crippen LogP) is 3.01. The summed E-state index contributed by atoms with van der Waals surface area (Å²) in [5.41, 5.74) is 4.27. The van der Waals surface area contributed by atoms with Crippen LogP contribution in [0, 0.1) is 11.3 Å². The first-order valence-corrected chi connectivity index (χ1v) is 12.1. The molecule has 3 aliphatic rings. The van der Waals surface area contributed by atoms with E-state index in [2.05, 4.69) is 40.7 Å². The highest BCUT2D eigenvalue weighted by atomic mass is 16.2. The number of nitrogens with one attached hydrogen (secondary N) is 1. The maximum Gasteiger partial charge on any atom is 0.228 e. The molecule has 2 fully saturated rings. The Balaban J connectivity index is 1.46. The summed E-state index contributed by atoms with van der Waals surface area (Å²) in [6, 6.07) is 0. The van der Waals surface area contributed by atoms with Crippen molar-refractivity contribution in [2.45, 2.75) is 77.8 Å². The minimum Gasteiger partial charge on any atom is -0.342 e. The molecule has 1 saturated heterocycles. The number of likely N-dealkylation sites (tertiary alicyclic amines) is 1. The van der Waals surface area contributed by atoms with Gasteiger partial charge in [0.1, 0.15) is 0 Å². The van der Waals surface area contributed by atoms with Crippen LogP contribution in [0.15, 0.2) is 0 Å². The lowest BCUT2D eigenvalue weighted by Gasteiger charge is -2.36. The highest BCUT2D eigenvalue weighted by Gasteiger charge is 2.49. The second-order valence-corrected chi connectivity index (χ2v) is 10.4. The number of carbonyl (C=O) groups is 1. The quantitative estimate of drug-likeness (QED) is 0.709. The van der Waals surface area contributed by atoms with E-state index in [1.165, 1.54) is 24.2 Å². The Hall–Kier alpha value is -1.40. The molecular formula is C24H41N5O. The van der Waals surface area contributed by atoms with E-state index in [1.807, 2.05) is 7.05 Å². The van der Waals surface area contributed by atoms with E-state index < -0.39 is 0 Å². The molecule has 1 amide bonds. The monoisotopic (exact) mass is 415 g/mol. The lowest BCUT2D eigenvalue weighted by molar-refractivity contribution is -0.138. The number of likely N-dealkylation sites (N-methyl/N-ethyl adjacent to an activating group) is 2. The molecule has 2 aliphatic heterocycles. The van der Waals surface area contributed by atoms with Crippen LogP contribution in [-0.4, -0.2) is 65.8 Å². The van der Waals surface area contributed by atoms with Gasteiger partial charge in [0, 0.05) is 50.5 Å². The maximum atomic E-state index is 13.2. The molecule has 0 aromatic carbocycles. The van der Waals surface area contributed by atoms with Crippen molar-refractivity contribution in [2.75, 3.05) is 40.3 Å². The van der Waals surface area contributed by atoms with Crippen LogP contribution in [0.4, 0.5) is 0 Å². The molecule has 1 aromatic rings. The van der Waals surface area contributed by atoms with Crippen molar-refractivity contribution in [3.8, 4) is 0 Å². The van der Waals surface area contributed by atoms with Crippen LogP contribution in [0.3, 0.4) is 0 Å². The molecular weight excluding hydrogens is 374 g/mol. The molecule has 0 bridgehead atoms. The smallest absolute Gasteiger partial charge is 0.228 e. The Morgan fingerprint density at radius 3 is 2.70 bits per heavy atom. The second kappa shape index (κ2) is 8.99. The van der Waals surface area contributed by atoms with Crippen molar-refractivity contribution < 1.29 is 4.79 Å². The Bertz CT molecular complexity index is 747. The number of fused-ring (bicyclic) bond motifs is 1. The molecule has 4 rings (SSSR count). The first-order valence-electron chi connectivity index (χ1n) is 12.1. The Labute approximate surface area is 182 Å². The molecule has 1 aromatic heterocycles. The summed E-state index contributed by atoms with van der Waals surface area (Å²) in [7, 11) is 4.21. The number of carbonyl (C=O) groups excluding carboxylic acids is 1. The predicted molar refractivity (Wildman–Crippen MR) is 120 cm³/mol. The van der Waals surface area contributed by atoms with Crippen LogP contribution in [0.5, 0.6) is 0 Å². The van der Waals surface area contributed by atoms with Crippen LogP contribution in [0.2, 0.25) is 0 Å². The molecule has 0 unspecified atom stereocenters. The Morgan fingerprint density at radius 1 is 1.23 bits per heavy atom. The largest absolute Gasteiger partial charge is 0.342 e. The minimum atomic E-state index is -0.0640. The lowest BCUT2D eigenvalue weighted by atomic mass is 9.67. The molecule has 6 heteroatoms. The summed E-state index contributed by atoms with van der Waals surface area (Å²) in [6.07, 6.45) is 7.88. The van der Waals surface area contributed by atoms with Crippen molar-refractivity contribution in [1.82, 2.24) is 24.9 Å². The van der Waals surface area contributed by atoms with Crippen molar-refractivity contribution in [3.05, 3.63) is 17.0 Å². The van der Waals surface area contributed by atoms with Gasteiger partial charge in [-0.2, -0.15) is 5.10 Å². The molecule has 6 nitrogen and oxygen atoms in total. The summed E-state index contributed by atoms with van der Waals surface area (Å²) in [6.45, 7) is 10.3. The molecule has 0 radical (unpaired) electrons. The van der Waals surface area contributed by atoms with E-state index >= 15 is 0 Å². The Morgan fingerprint density at radius 2 is 2.00 bits per heavy atom. The zero-order valence-corrected chi connectivity index (χ0v) is 19.5. The van der Waals surface area contributed by atoms with Gasteiger partial charge in [-0.15, -0.1) is 0 Å². The zero-order chi connectivity index (χ0) is 21.3. The number of rotatable bonds is 8. The molecule has 1 N–H and O–H groups in total. The average Bonchev–Trinajstić information content (AvgIpc) is 3.37. The number of aromatic nitrogens is 2. The van der Waals surface area contributed by atoms with Gasteiger partial charge in [0.2, 0.25) is 5.91 Å². The van der Waals surface area contributed by atoms with Crippen molar-refractivity contribution in [2.24, 2.45) is 11.3 Å². The fraction of sp³-hybridized carbons (Fsp3) is 0.833. The summed E-state index contributed by atoms with van der Waals surface area (Å²) in [5, 5.41) is 8.29. The van der Waals surface area contributed by atoms with E-state index in [0.717, 1.165) is 71.4 Å². The minimum absolute atomic E-state index is 0.0640. The lowest BCUT2D eigenvalue weighted by Crippen LogP contribution is -2.38. The number of amides is 1. The van der Waals surface area contributed by atoms with Gasteiger partial charge in [-0.05, 0) is 70.9 Å². The van der Waals surface area contributed by atoms with Gasteiger partial charge in [-0.25, -0.2) is 0 Å². The highest BCUT2D eigenvalue weighted by Crippen LogP contribution is 2.50. The third kappa shape index (κ3) is 4.18. The summed E-state index contributed by atoms with van der Waals surface area (Å²) >= 11 is 0. The molecule has 1 saturated carbocycles. The van der Waals surface area contributed by atoms with Crippen LogP contribution in [-0.2, 0) is 24.3 Å². The van der Waals surface area contributed by atoms with Crippen LogP contribution >= 0.6 is 0 Å². The van der Waals surface area contributed by atoms with Crippen LogP contribution < -0.4 is 5.32 Å². The number of hydrogen-bond acceptors (Lipinski definition) is 4. The van der Waals surface area contributed by atoms with E-state index in [1.54, 1.807) is 5.56 Å². The van der Waals surface area contributed by atoms with Gasteiger partial charge >= 0.3 is 0 Å². The third-order valence-electron chi connectivity index (χ3n) is 7.66. The summed E-state index contributed by atoms with van der Waals surface area (Å²) < 4.78 is 2.28. The van der Waals surface area contributed by atoms with E-state index in [0.29, 0.717) is 17.7 Å². The van der Waals surface area contributed by atoms with Crippen molar-refractivity contribution in [3.63, 3.8) is 0 Å². The fourth-order valence-corrected chi connectivity index (χ4v) is 6.07. The zero-order valence-electron chi connectivity index (χ0n) is 19.5. The average molecular weight is 416 g/mol. The fourth-order valence-electron chi connectivity index (χ4n) is 6.07. The molecule has 0 atom stereocenters. The molecule has 168 valence electrons. The first kappa shape index (κ1) is 21.8. The van der Waals surface area contributed by atoms with Crippen LogP contribution in [0.25, 0.3) is 0 Å². The SMILES string of the molecule is CNCCN(C)Cc1nn2c(c1C1CCC3(CC1)CCN(CC(C)C)C3=O)CCC2. The van der Waals surface area contributed by atoms with Crippen molar-refractivity contribution >= 4 is 5.91 Å². The molecule has 1 spiro atoms. The first-order chi connectivity index (χ1) is 14.4. The summed E-state index contributed by atoms with van der Waals surface area (Å²) in [5.74, 6) is 1.58. The van der Waals surface area contributed by atoms with Gasteiger partial charge in [0.25, 0.3) is 0 Å². The number of nitrogens with zero attached hydrogens (tertiary/aromatic N) is 4. The van der Waals surface area contributed by atoms with E-state index in [4.69, 9.17) is 5.10 Å². The standard InChI is InChI=1S/C24H41N5O/c1-18(2)16-28-14-11-24(23(28)30)9-7-19(8-10-24)22-20(17-27(4)15-12-25-3)26-29-13-5-6-21(22)29/h18-19,25H,5-17H2,1-4H3. The topological polar surface area (TPSA) is 53.4 Å². The molecule has 3 heterocycles.